The van der Waals surface area contributed by atoms with Gasteiger partial charge in [0.1, 0.15) is 17.3 Å². The van der Waals surface area contributed by atoms with Crippen LogP contribution in [0.1, 0.15) is 25.7 Å². The summed E-state index contributed by atoms with van der Waals surface area (Å²) in [6, 6.07) is 13.5. The van der Waals surface area contributed by atoms with Crippen molar-refractivity contribution in [2.24, 2.45) is 0 Å². The monoisotopic (exact) mass is 464 g/mol. The maximum absolute atomic E-state index is 12.6. The number of fused-ring (bicyclic) bond motifs is 1. The maximum Gasteiger partial charge on any atom is 0.319 e. The highest BCUT2D eigenvalue weighted by molar-refractivity contribution is 5.91. The number of benzene rings is 2. The number of anilines is 3. The van der Waals surface area contributed by atoms with Crippen LogP contribution in [0.2, 0.25) is 0 Å². The van der Waals surface area contributed by atoms with Gasteiger partial charge in [0.2, 0.25) is 5.95 Å². The molecule has 4 rings (SSSR count). The molecule has 2 amide bonds. The van der Waals surface area contributed by atoms with Gasteiger partial charge >= 0.3 is 6.03 Å². The number of para-hydroxylation sites is 1. The third-order valence-corrected chi connectivity index (χ3v) is 6.06. The van der Waals surface area contributed by atoms with Crippen molar-refractivity contribution in [1.29, 1.82) is 0 Å². The molecule has 1 aliphatic rings. The Balaban J connectivity index is 1.32. The van der Waals surface area contributed by atoms with Crippen LogP contribution in [-0.4, -0.2) is 56.4 Å². The second kappa shape index (κ2) is 10.5. The Labute approximate surface area is 199 Å². The molecule has 0 saturated heterocycles. The third-order valence-electron chi connectivity index (χ3n) is 6.06. The molecular weight excluding hydrogens is 432 g/mol. The SMILES string of the molecule is COc1ccc(NC(=O)N[C@H]2CC[C@@H](Nc3nc(N(C)C)c4ccccc4n3)CC2)c(OC)c1. The number of methoxy groups -OCH3 is 2. The Bertz CT molecular complexity index is 1140. The highest BCUT2D eigenvalue weighted by atomic mass is 16.5. The quantitative estimate of drug-likeness (QED) is 0.480. The summed E-state index contributed by atoms with van der Waals surface area (Å²) in [7, 11) is 7.13. The molecule has 180 valence electrons. The molecule has 1 aliphatic carbocycles. The van der Waals surface area contributed by atoms with Gasteiger partial charge in [-0.2, -0.15) is 4.98 Å². The molecule has 9 heteroatoms. The Morgan fingerprint density at radius 3 is 2.41 bits per heavy atom. The molecule has 0 bridgehead atoms. The predicted octanol–water partition coefficient (Wildman–Crippen LogP) is 4.26. The molecule has 1 heterocycles. The Kier molecular flexibility index (Phi) is 7.20. The van der Waals surface area contributed by atoms with Crippen molar-refractivity contribution in [3.63, 3.8) is 0 Å². The molecule has 0 unspecified atom stereocenters. The number of nitrogens with zero attached hydrogens (tertiary/aromatic N) is 3. The predicted molar refractivity (Wildman–Crippen MR) is 135 cm³/mol. The molecule has 2 aromatic carbocycles. The molecular formula is C25H32N6O3. The largest absolute Gasteiger partial charge is 0.497 e. The van der Waals surface area contributed by atoms with E-state index < -0.39 is 0 Å². The number of hydrogen-bond acceptors (Lipinski definition) is 7. The molecule has 9 nitrogen and oxygen atoms in total. The van der Waals surface area contributed by atoms with Crippen LogP contribution >= 0.6 is 0 Å². The molecule has 1 aromatic heterocycles. The highest BCUT2D eigenvalue weighted by Gasteiger charge is 2.24. The van der Waals surface area contributed by atoms with E-state index in [1.54, 1.807) is 32.4 Å². The standard InChI is InChI=1S/C25H32N6O3/c1-31(2)23-19-7-5-6-8-20(19)28-24(30-23)26-16-9-11-17(12-10-16)27-25(32)29-21-14-13-18(33-3)15-22(21)34-4/h5-8,13-17H,9-12H2,1-4H3,(H,26,28,30)(H2,27,29,32)/t16-,17+. The van der Waals surface area contributed by atoms with Gasteiger partial charge in [-0.25, -0.2) is 9.78 Å². The van der Waals surface area contributed by atoms with Crippen molar-refractivity contribution in [3.05, 3.63) is 42.5 Å². The minimum atomic E-state index is -0.242. The summed E-state index contributed by atoms with van der Waals surface area (Å²) in [5.41, 5.74) is 1.52. The van der Waals surface area contributed by atoms with E-state index in [1.165, 1.54) is 0 Å². The van der Waals surface area contributed by atoms with Gasteiger partial charge in [0.15, 0.2) is 0 Å². The molecule has 1 saturated carbocycles. The van der Waals surface area contributed by atoms with Crippen molar-refractivity contribution in [2.45, 2.75) is 37.8 Å². The van der Waals surface area contributed by atoms with Crippen LogP contribution in [0.5, 0.6) is 11.5 Å². The van der Waals surface area contributed by atoms with Gasteiger partial charge in [-0.15, -0.1) is 0 Å². The van der Waals surface area contributed by atoms with Gasteiger partial charge in [0, 0.05) is 37.6 Å². The zero-order valence-electron chi connectivity index (χ0n) is 20.1. The van der Waals surface area contributed by atoms with Gasteiger partial charge in [-0.1, -0.05) is 12.1 Å². The third kappa shape index (κ3) is 5.41. The minimum Gasteiger partial charge on any atom is -0.497 e. The summed E-state index contributed by atoms with van der Waals surface area (Å²) in [5, 5.41) is 10.5. The number of rotatable bonds is 7. The number of ether oxygens (including phenoxy) is 2. The average Bonchev–Trinajstić information content (AvgIpc) is 2.85. The lowest BCUT2D eigenvalue weighted by molar-refractivity contribution is 0.243. The van der Waals surface area contributed by atoms with Crippen molar-refractivity contribution in [1.82, 2.24) is 15.3 Å². The van der Waals surface area contributed by atoms with E-state index in [0.29, 0.717) is 23.1 Å². The second-order valence-corrected chi connectivity index (χ2v) is 8.64. The van der Waals surface area contributed by atoms with Crippen LogP contribution in [-0.2, 0) is 0 Å². The molecule has 0 spiro atoms. The topological polar surface area (TPSA) is 101 Å². The minimum absolute atomic E-state index is 0.108. The van der Waals surface area contributed by atoms with Crippen LogP contribution in [0, 0.1) is 0 Å². The van der Waals surface area contributed by atoms with E-state index in [1.807, 2.05) is 43.3 Å². The fourth-order valence-electron chi connectivity index (χ4n) is 4.28. The summed E-state index contributed by atoms with van der Waals surface area (Å²) < 4.78 is 10.6. The number of aromatic nitrogens is 2. The van der Waals surface area contributed by atoms with Crippen molar-refractivity contribution >= 4 is 34.4 Å². The van der Waals surface area contributed by atoms with E-state index in [2.05, 4.69) is 16.0 Å². The smallest absolute Gasteiger partial charge is 0.319 e. The average molecular weight is 465 g/mol. The summed E-state index contributed by atoms with van der Waals surface area (Å²) in [6.07, 6.45) is 3.59. The first-order valence-corrected chi connectivity index (χ1v) is 11.5. The van der Waals surface area contributed by atoms with Crippen LogP contribution < -0.4 is 30.3 Å². The fourth-order valence-corrected chi connectivity index (χ4v) is 4.28. The van der Waals surface area contributed by atoms with Crippen LogP contribution in [0.25, 0.3) is 10.9 Å². The van der Waals surface area contributed by atoms with E-state index in [-0.39, 0.29) is 18.1 Å². The molecule has 0 aliphatic heterocycles. The van der Waals surface area contributed by atoms with Gasteiger partial charge in [0.05, 0.1) is 25.4 Å². The Morgan fingerprint density at radius 1 is 0.971 bits per heavy atom. The Morgan fingerprint density at radius 2 is 1.71 bits per heavy atom. The number of hydrogen-bond donors (Lipinski definition) is 3. The summed E-state index contributed by atoms with van der Waals surface area (Å²) >= 11 is 0. The number of amides is 2. The lowest BCUT2D eigenvalue weighted by Gasteiger charge is -2.30. The van der Waals surface area contributed by atoms with E-state index in [9.17, 15) is 4.79 Å². The number of carbonyl (C=O) groups excluding carboxylic acids is 1. The first-order valence-electron chi connectivity index (χ1n) is 11.5. The zero-order chi connectivity index (χ0) is 24.1. The highest BCUT2D eigenvalue weighted by Crippen LogP contribution is 2.29. The van der Waals surface area contributed by atoms with Crippen LogP contribution in [0.3, 0.4) is 0 Å². The number of carbonyl (C=O) groups is 1. The van der Waals surface area contributed by atoms with Gasteiger partial charge in [0.25, 0.3) is 0 Å². The lowest BCUT2D eigenvalue weighted by Crippen LogP contribution is -2.42. The molecule has 1 fully saturated rings. The Hall–Kier alpha value is -3.75. The lowest BCUT2D eigenvalue weighted by atomic mass is 9.91. The summed E-state index contributed by atoms with van der Waals surface area (Å²) in [4.78, 5) is 24.0. The number of nitrogens with one attached hydrogen (secondary N) is 3. The summed E-state index contributed by atoms with van der Waals surface area (Å²) in [6.45, 7) is 0. The summed E-state index contributed by atoms with van der Waals surface area (Å²) in [5.74, 6) is 2.76. The fraction of sp³-hybridized carbons (Fsp3) is 0.400. The van der Waals surface area contributed by atoms with Gasteiger partial charge < -0.3 is 30.3 Å². The van der Waals surface area contributed by atoms with Gasteiger partial charge in [-0.05, 0) is 49.9 Å². The maximum atomic E-state index is 12.6. The first kappa shape index (κ1) is 23.4. The van der Waals surface area contributed by atoms with E-state index in [0.717, 1.165) is 42.4 Å². The van der Waals surface area contributed by atoms with Crippen LogP contribution in [0.15, 0.2) is 42.5 Å². The molecule has 3 N–H and O–H groups in total. The van der Waals surface area contributed by atoms with Crippen molar-refractivity contribution in [3.8, 4) is 11.5 Å². The van der Waals surface area contributed by atoms with E-state index >= 15 is 0 Å². The molecule has 0 radical (unpaired) electrons. The van der Waals surface area contributed by atoms with Crippen molar-refractivity contribution < 1.29 is 14.3 Å². The van der Waals surface area contributed by atoms with E-state index in [4.69, 9.17) is 19.4 Å². The molecule has 3 aromatic rings. The van der Waals surface area contributed by atoms with Crippen LogP contribution in [0.4, 0.5) is 22.2 Å². The normalized spacial score (nSPS) is 17.6. The van der Waals surface area contributed by atoms with Crippen molar-refractivity contribution in [2.75, 3.05) is 43.8 Å². The molecule has 0 atom stereocenters. The number of urea groups is 1. The first-order chi connectivity index (χ1) is 16.5. The van der Waals surface area contributed by atoms with Gasteiger partial charge in [-0.3, -0.25) is 0 Å². The molecule has 34 heavy (non-hydrogen) atoms. The zero-order valence-corrected chi connectivity index (χ0v) is 20.1. The second-order valence-electron chi connectivity index (χ2n) is 8.64.